The molecule has 0 aliphatic heterocycles. The molecule has 18 heavy (non-hydrogen) atoms. The molecule has 0 aliphatic carbocycles. The van der Waals surface area contributed by atoms with E-state index in [0.717, 1.165) is 25.0 Å². The number of hydrogen-bond donors (Lipinski definition) is 1. The van der Waals surface area contributed by atoms with Crippen molar-refractivity contribution in [3.63, 3.8) is 0 Å². The van der Waals surface area contributed by atoms with E-state index in [9.17, 15) is 13.2 Å². The van der Waals surface area contributed by atoms with Crippen LogP contribution < -0.4 is 5.32 Å². The number of benzene rings is 1. The molecule has 0 saturated heterocycles. The number of nitrogens with one attached hydrogen (secondary N) is 1. The Hall–Kier alpha value is -1.03. The van der Waals surface area contributed by atoms with Crippen molar-refractivity contribution in [2.24, 2.45) is 5.92 Å². The third kappa shape index (κ3) is 3.48. The molecular formula is C14H20F3N. The third-order valence-electron chi connectivity index (χ3n) is 3.18. The van der Waals surface area contributed by atoms with Gasteiger partial charge in [0.2, 0.25) is 0 Å². The van der Waals surface area contributed by atoms with Crippen LogP contribution in [0.25, 0.3) is 0 Å². The van der Waals surface area contributed by atoms with Crippen LogP contribution in [0.1, 0.15) is 45.2 Å². The SMILES string of the molecule is CCCNC(c1c(F)cc(F)cc1F)C(C)CC. The molecule has 0 radical (unpaired) electrons. The van der Waals surface area contributed by atoms with Gasteiger partial charge in [-0.15, -0.1) is 0 Å². The highest BCUT2D eigenvalue weighted by atomic mass is 19.1. The molecule has 102 valence electrons. The average molecular weight is 259 g/mol. The van der Waals surface area contributed by atoms with Crippen molar-refractivity contribution in [1.82, 2.24) is 5.32 Å². The van der Waals surface area contributed by atoms with Gasteiger partial charge in [0.05, 0.1) is 0 Å². The second kappa shape index (κ2) is 6.78. The maximum Gasteiger partial charge on any atom is 0.133 e. The van der Waals surface area contributed by atoms with Gasteiger partial charge >= 0.3 is 0 Å². The van der Waals surface area contributed by atoms with E-state index < -0.39 is 23.5 Å². The molecule has 1 nitrogen and oxygen atoms in total. The Morgan fingerprint density at radius 2 is 1.67 bits per heavy atom. The molecule has 1 rings (SSSR count). The van der Waals surface area contributed by atoms with Crippen molar-refractivity contribution >= 4 is 0 Å². The van der Waals surface area contributed by atoms with Gasteiger partial charge in [0.15, 0.2) is 0 Å². The zero-order valence-corrected chi connectivity index (χ0v) is 11.1. The standard InChI is InChI=1S/C14H20F3N/c1-4-6-18-14(9(3)5-2)13-11(16)7-10(15)8-12(13)17/h7-9,14,18H,4-6H2,1-3H3. The Balaban J connectivity index is 3.11. The average Bonchev–Trinajstić information content (AvgIpc) is 2.31. The summed E-state index contributed by atoms with van der Waals surface area (Å²) >= 11 is 0. The lowest BCUT2D eigenvalue weighted by Crippen LogP contribution is -2.29. The largest absolute Gasteiger partial charge is 0.310 e. The first-order valence-corrected chi connectivity index (χ1v) is 6.39. The zero-order valence-electron chi connectivity index (χ0n) is 11.1. The Bertz CT molecular complexity index is 370. The van der Waals surface area contributed by atoms with Crippen molar-refractivity contribution in [1.29, 1.82) is 0 Å². The maximum atomic E-state index is 13.8. The van der Waals surface area contributed by atoms with Gasteiger partial charge in [-0.1, -0.05) is 27.2 Å². The summed E-state index contributed by atoms with van der Waals surface area (Å²) in [5.41, 5.74) is -0.0563. The van der Waals surface area contributed by atoms with Gasteiger partial charge < -0.3 is 5.32 Å². The van der Waals surface area contributed by atoms with E-state index >= 15 is 0 Å². The van der Waals surface area contributed by atoms with Crippen molar-refractivity contribution in [2.75, 3.05) is 6.54 Å². The Kier molecular flexibility index (Phi) is 5.66. The summed E-state index contributed by atoms with van der Waals surface area (Å²) in [5.74, 6) is -2.44. The number of rotatable bonds is 6. The zero-order chi connectivity index (χ0) is 13.7. The van der Waals surface area contributed by atoms with Crippen LogP contribution in [0.4, 0.5) is 13.2 Å². The molecule has 0 saturated carbocycles. The smallest absolute Gasteiger partial charge is 0.133 e. The van der Waals surface area contributed by atoms with Crippen molar-refractivity contribution < 1.29 is 13.2 Å². The molecule has 4 heteroatoms. The quantitative estimate of drug-likeness (QED) is 0.807. The molecule has 0 spiro atoms. The van der Waals surface area contributed by atoms with Crippen LogP contribution in [-0.4, -0.2) is 6.54 Å². The normalized spacial score (nSPS) is 14.6. The topological polar surface area (TPSA) is 12.0 Å². The summed E-state index contributed by atoms with van der Waals surface area (Å²) in [6.07, 6.45) is 1.66. The minimum Gasteiger partial charge on any atom is -0.310 e. The molecular weight excluding hydrogens is 239 g/mol. The molecule has 0 bridgehead atoms. The number of hydrogen-bond acceptors (Lipinski definition) is 1. The van der Waals surface area contributed by atoms with Crippen LogP contribution in [-0.2, 0) is 0 Å². The summed E-state index contributed by atoms with van der Waals surface area (Å²) in [6.45, 7) is 6.55. The van der Waals surface area contributed by atoms with E-state index in [2.05, 4.69) is 5.32 Å². The first-order valence-electron chi connectivity index (χ1n) is 6.39. The predicted molar refractivity (Wildman–Crippen MR) is 66.8 cm³/mol. The van der Waals surface area contributed by atoms with Gasteiger partial charge in [0.25, 0.3) is 0 Å². The fourth-order valence-corrected chi connectivity index (χ4v) is 1.97. The molecule has 1 N–H and O–H groups in total. The second-order valence-electron chi connectivity index (χ2n) is 4.60. The summed E-state index contributed by atoms with van der Waals surface area (Å²) in [4.78, 5) is 0. The summed E-state index contributed by atoms with van der Waals surface area (Å²) < 4.78 is 40.4. The van der Waals surface area contributed by atoms with Crippen molar-refractivity contribution in [3.05, 3.63) is 35.1 Å². The lowest BCUT2D eigenvalue weighted by atomic mass is 9.91. The van der Waals surface area contributed by atoms with Crippen LogP contribution >= 0.6 is 0 Å². The highest BCUT2D eigenvalue weighted by Crippen LogP contribution is 2.29. The molecule has 2 atom stereocenters. The minimum absolute atomic E-state index is 0.0563. The summed E-state index contributed by atoms with van der Waals surface area (Å²) in [6, 6.07) is 1.05. The first kappa shape index (κ1) is 15.0. The molecule has 0 aromatic heterocycles. The van der Waals surface area contributed by atoms with E-state index in [0.29, 0.717) is 6.54 Å². The van der Waals surface area contributed by atoms with Crippen LogP contribution in [0, 0.1) is 23.4 Å². The third-order valence-corrected chi connectivity index (χ3v) is 3.18. The van der Waals surface area contributed by atoms with Gasteiger partial charge in [0.1, 0.15) is 17.5 Å². The highest BCUT2D eigenvalue weighted by molar-refractivity contribution is 5.25. The lowest BCUT2D eigenvalue weighted by Gasteiger charge is -2.25. The Morgan fingerprint density at radius 1 is 1.11 bits per heavy atom. The maximum absolute atomic E-state index is 13.8. The Labute approximate surface area is 106 Å². The van der Waals surface area contributed by atoms with E-state index in [1.165, 1.54) is 0 Å². The van der Waals surface area contributed by atoms with E-state index in [1.54, 1.807) is 0 Å². The van der Waals surface area contributed by atoms with Gasteiger partial charge in [-0.3, -0.25) is 0 Å². The lowest BCUT2D eigenvalue weighted by molar-refractivity contribution is 0.351. The molecule has 1 aromatic carbocycles. The fraction of sp³-hybridized carbons (Fsp3) is 0.571. The fourth-order valence-electron chi connectivity index (χ4n) is 1.97. The molecule has 0 fully saturated rings. The van der Waals surface area contributed by atoms with Gasteiger partial charge in [-0.25, -0.2) is 13.2 Å². The van der Waals surface area contributed by atoms with Crippen LogP contribution in [0.5, 0.6) is 0 Å². The van der Waals surface area contributed by atoms with Gasteiger partial charge in [-0.05, 0) is 18.9 Å². The van der Waals surface area contributed by atoms with Gasteiger partial charge in [-0.2, -0.15) is 0 Å². The van der Waals surface area contributed by atoms with Crippen molar-refractivity contribution in [2.45, 2.75) is 39.7 Å². The molecule has 2 unspecified atom stereocenters. The van der Waals surface area contributed by atoms with Crippen molar-refractivity contribution in [3.8, 4) is 0 Å². The predicted octanol–water partition coefficient (Wildman–Crippen LogP) is 4.19. The van der Waals surface area contributed by atoms with Crippen LogP contribution in [0.3, 0.4) is 0 Å². The molecule has 0 heterocycles. The minimum atomic E-state index is -0.882. The van der Waals surface area contributed by atoms with E-state index in [1.807, 2.05) is 20.8 Å². The number of halogens is 3. The highest BCUT2D eigenvalue weighted by Gasteiger charge is 2.24. The van der Waals surface area contributed by atoms with Crippen LogP contribution in [0.2, 0.25) is 0 Å². The molecule has 0 aliphatic rings. The first-order chi connectivity index (χ1) is 8.51. The summed E-state index contributed by atoms with van der Waals surface area (Å²) in [7, 11) is 0. The van der Waals surface area contributed by atoms with E-state index in [-0.39, 0.29) is 11.5 Å². The molecule has 0 amide bonds. The van der Waals surface area contributed by atoms with Gasteiger partial charge in [0, 0.05) is 23.7 Å². The monoisotopic (exact) mass is 259 g/mol. The second-order valence-corrected chi connectivity index (χ2v) is 4.60. The molecule has 1 aromatic rings. The Morgan fingerprint density at radius 3 is 2.11 bits per heavy atom. The summed E-state index contributed by atoms with van der Waals surface area (Å²) in [5, 5.41) is 3.14. The van der Waals surface area contributed by atoms with Crippen LogP contribution in [0.15, 0.2) is 12.1 Å². The van der Waals surface area contributed by atoms with E-state index in [4.69, 9.17) is 0 Å².